The van der Waals surface area contributed by atoms with Gasteiger partial charge < -0.3 is 5.32 Å². The number of hydrogen-bond donors (Lipinski definition) is 1. The van der Waals surface area contributed by atoms with Crippen molar-refractivity contribution in [3.8, 4) is 0 Å². The van der Waals surface area contributed by atoms with E-state index in [9.17, 15) is 14.4 Å². The van der Waals surface area contributed by atoms with Crippen LogP contribution in [-0.4, -0.2) is 45.2 Å². The Hall–Kier alpha value is -2.35. The van der Waals surface area contributed by atoms with Gasteiger partial charge in [0.15, 0.2) is 5.16 Å². The van der Waals surface area contributed by atoms with Crippen LogP contribution in [0.4, 0.5) is 4.79 Å². The maximum atomic E-state index is 12.6. The Labute approximate surface area is 143 Å². The first-order valence-electron chi connectivity index (χ1n) is 7.82. The molecule has 0 saturated carbocycles. The molecule has 3 amide bonds. The van der Waals surface area contributed by atoms with Crippen LogP contribution in [-0.2, 0) is 11.3 Å². The summed E-state index contributed by atoms with van der Waals surface area (Å²) in [6.45, 7) is 3.38. The van der Waals surface area contributed by atoms with Crippen molar-refractivity contribution < 1.29 is 9.59 Å². The highest BCUT2D eigenvalue weighted by Gasteiger charge is 2.26. The number of carbonyl (C=O) groups excluding carboxylic acids is 2. The van der Waals surface area contributed by atoms with Crippen LogP contribution in [0.5, 0.6) is 0 Å². The van der Waals surface area contributed by atoms with Gasteiger partial charge in [-0.05, 0) is 18.6 Å². The molecule has 0 atom stereocenters. The van der Waals surface area contributed by atoms with Crippen molar-refractivity contribution in [1.29, 1.82) is 0 Å². The second kappa shape index (κ2) is 7.04. The van der Waals surface area contributed by atoms with E-state index >= 15 is 0 Å². The zero-order chi connectivity index (χ0) is 17.1. The van der Waals surface area contributed by atoms with Gasteiger partial charge in [0.25, 0.3) is 5.56 Å². The fraction of sp³-hybridized carbons (Fsp3) is 0.375. The molecule has 1 aliphatic rings. The van der Waals surface area contributed by atoms with Crippen molar-refractivity contribution in [2.24, 2.45) is 0 Å². The summed E-state index contributed by atoms with van der Waals surface area (Å²) < 4.78 is 1.60. The molecule has 2 heterocycles. The van der Waals surface area contributed by atoms with E-state index in [-0.39, 0.29) is 23.3 Å². The second-order valence-corrected chi connectivity index (χ2v) is 6.38. The third-order valence-corrected chi connectivity index (χ3v) is 4.72. The van der Waals surface area contributed by atoms with Crippen LogP contribution in [0.25, 0.3) is 10.9 Å². The maximum absolute atomic E-state index is 12.6. The fourth-order valence-corrected chi connectivity index (χ4v) is 3.49. The number of carbonyl (C=O) groups is 2. The highest BCUT2D eigenvalue weighted by Crippen LogP contribution is 2.19. The summed E-state index contributed by atoms with van der Waals surface area (Å²) in [5.74, 6) is -0.206. The van der Waals surface area contributed by atoms with Crippen LogP contribution in [0.1, 0.15) is 13.3 Å². The van der Waals surface area contributed by atoms with Crippen LogP contribution in [0.2, 0.25) is 0 Å². The van der Waals surface area contributed by atoms with Gasteiger partial charge in [-0.1, -0.05) is 30.8 Å². The lowest BCUT2D eigenvalue weighted by Gasteiger charge is -2.14. The molecule has 24 heavy (non-hydrogen) atoms. The highest BCUT2D eigenvalue weighted by molar-refractivity contribution is 7.99. The Morgan fingerprint density at radius 2 is 2.12 bits per heavy atom. The Morgan fingerprint density at radius 3 is 2.83 bits per heavy atom. The van der Waals surface area contributed by atoms with E-state index in [1.54, 1.807) is 16.7 Å². The van der Waals surface area contributed by atoms with E-state index in [0.717, 1.165) is 6.42 Å². The van der Waals surface area contributed by atoms with E-state index in [1.807, 2.05) is 19.1 Å². The summed E-state index contributed by atoms with van der Waals surface area (Å²) in [5, 5.41) is 3.68. The summed E-state index contributed by atoms with van der Waals surface area (Å²) in [5.41, 5.74) is 0.514. The first-order chi connectivity index (χ1) is 11.6. The number of imide groups is 1. The van der Waals surface area contributed by atoms with E-state index in [0.29, 0.717) is 35.7 Å². The Morgan fingerprint density at radius 1 is 1.33 bits per heavy atom. The molecule has 1 saturated heterocycles. The van der Waals surface area contributed by atoms with Crippen LogP contribution >= 0.6 is 11.8 Å². The molecule has 1 aromatic carbocycles. The quantitative estimate of drug-likeness (QED) is 0.654. The SMILES string of the molecule is CCCn1c(SCC(=O)N2CCNC2=O)nc2ccccc2c1=O. The average Bonchev–Trinajstić information content (AvgIpc) is 3.02. The number of aromatic nitrogens is 2. The van der Waals surface area contributed by atoms with Crippen molar-refractivity contribution in [3.05, 3.63) is 34.6 Å². The lowest BCUT2D eigenvalue weighted by Crippen LogP contribution is -2.35. The molecule has 126 valence electrons. The molecule has 2 aromatic rings. The van der Waals surface area contributed by atoms with Crippen molar-refractivity contribution >= 4 is 34.6 Å². The largest absolute Gasteiger partial charge is 0.336 e. The normalized spacial score (nSPS) is 14.2. The molecule has 0 bridgehead atoms. The molecule has 8 heteroatoms. The van der Waals surface area contributed by atoms with Crippen LogP contribution in [0.3, 0.4) is 0 Å². The second-order valence-electron chi connectivity index (χ2n) is 5.43. The van der Waals surface area contributed by atoms with Crippen LogP contribution in [0, 0.1) is 0 Å². The molecule has 7 nitrogen and oxygen atoms in total. The number of amides is 3. The number of benzene rings is 1. The summed E-state index contributed by atoms with van der Waals surface area (Å²) in [4.78, 5) is 42.1. The molecular weight excluding hydrogens is 328 g/mol. The molecular formula is C16H18N4O3S. The molecule has 1 aliphatic heterocycles. The summed E-state index contributed by atoms with van der Waals surface area (Å²) in [6.07, 6.45) is 0.788. The number of nitrogens with one attached hydrogen (secondary N) is 1. The standard InChI is InChI=1S/C16H18N4O3S/c1-2-8-20-14(22)11-5-3-4-6-12(11)18-16(20)24-10-13(21)19-9-7-17-15(19)23/h3-6H,2,7-10H2,1H3,(H,17,23). The molecule has 0 unspecified atom stereocenters. The van der Waals surface area contributed by atoms with E-state index in [1.165, 1.54) is 16.7 Å². The lowest BCUT2D eigenvalue weighted by molar-refractivity contribution is -0.124. The Balaban J connectivity index is 1.87. The zero-order valence-corrected chi connectivity index (χ0v) is 14.1. The summed E-state index contributed by atoms with van der Waals surface area (Å²) in [6, 6.07) is 6.81. The molecule has 0 aliphatic carbocycles. The summed E-state index contributed by atoms with van der Waals surface area (Å²) >= 11 is 1.19. The predicted octanol–water partition coefficient (Wildman–Crippen LogP) is 1.45. The minimum absolute atomic E-state index is 0.0713. The monoisotopic (exact) mass is 346 g/mol. The zero-order valence-electron chi connectivity index (χ0n) is 13.3. The van der Waals surface area contributed by atoms with Crippen molar-refractivity contribution in [1.82, 2.24) is 19.8 Å². The number of urea groups is 1. The number of hydrogen-bond acceptors (Lipinski definition) is 5. The van der Waals surface area contributed by atoms with Gasteiger partial charge in [0, 0.05) is 19.6 Å². The maximum Gasteiger partial charge on any atom is 0.324 e. The number of rotatable bonds is 5. The van der Waals surface area contributed by atoms with E-state index in [2.05, 4.69) is 10.3 Å². The topological polar surface area (TPSA) is 84.3 Å². The number of para-hydroxylation sites is 1. The van der Waals surface area contributed by atoms with E-state index in [4.69, 9.17) is 0 Å². The smallest absolute Gasteiger partial charge is 0.324 e. The molecule has 1 N–H and O–H groups in total. The van der Waals surface area contributed by atoms with Crippen molar-refractivity contribution in [3.63, 3.8) is 0 Å². The van der Waals surface area contributed by atoms with Gasteiger partial charge in [0.2, 0.25) is 5.91 Å². The predicted molar refractivity (Wildman–Crippen MR) is 92.1 cm³/mol. The Kier molecular flexibility index (Phi) is 4.84. The number of thioether (sulfide) groups is 1. The van der Waals surface area contributed by atoms with Gasteiger partial charge in [0.1, 0.15) is 0 Å². The first kappa shape index (κ1) is 16.5. The molecule has 0 spiro atoms. The van der Waals surface area contributed by atoms with Crippen LogP contribution in [0.15, 0.2) is 34.2 Å². The number of fused-ring (bicyclic) bond motifs is 1. The Bertz CT molecular complexity index is 849. The minimum atomic E-state index is -0.363. The highest BCUT2D eigenvalue weighted by atomic mass is 32.2. The van der Waals surface area contributed by atoms with E-state index < -0.39 is 0 Å². The van der Waals surface area contributed by atoms with Gasteiger partial charge in [-0.25, -0.2) is 9.78 Å². The van der Waals surface area contributed by atoms with Gasteiger partial charge in [0.05, 0.1) is 16.7 Å². The molecule has 1 fully saturated rings. The average molecular weight is 346 g/mol. The van der Waals surface area contributed by atoms with Gasteiger partial charge >= 0.3 is 6.03 Å². The van der Waals surface area contributed by atoms with Crippen molar-refractivity contribution in [2.75, 3.05) is 18.8 Å². The summed E-state index contributed by atoms with van der Waals surface area (Å²) in [7, 11) is 0. The first-order valence-corrected chi connectivity index (χ1v) is 8.81. The van der Waals surface area contributed by atoms with Crippen molar-refractivity contribution in [2.45, 2.75) is 25.0 Å². The minimum Gasteiger partial charge on any atom is -0.336 e. The number of nitrogens with zero attached hydrogens (tertiary/aromatic N) is 3. The molecule has 1 aromatic heterocycles. The lowest BCUT2D eigenvalue weighted by atomic mass is 10.2. The third-order valence-electron chi connectivity index (χ3n) is 3.76. The molecule has 3 rings (SSSR count). The van der Waals surface area contributed by atoms with Crippen LogP contribution < -0.4 is 10.9 Å². The van der Waals surface area contributed by atoms with Gasteiger partial charge in [-0.2, -0.15) is 0 Å². The molecule has 0 radical (unpaired) electrons. The third kappa shape index (κ3) is 3.14. The fourth-order valence-electron chi connectivity index (χ4n) is 2.59. The van der Waals surface area contributed by atoms with Gasteiger partial charge in [-0.3, -0.25) is 19.1 Å². The van der Waals surface area contributed by atoms with Gasteiger partial charge in [-0.15, -0.1) is 0 Å².